The third-order valence-electron chi connectivity index (χ3n) is 2.61. The van der Waals surface area contributed by atoms with E-state index < -0.39 is 5.97 Å². The zero-order chi connectivity index (χ0) is 13.0. The average molecular weight is 385 g/mol. The van der Waals surface area contributed by atoms with Crippen LogP contribution in [0.4, 0.5) is 0 Å². The first-order chi connectivity index (χ1) is 7.99. The Hall–Kier alpha value is 0.0900. The van der Waals surface area contributed by atoms with Crippen LogP contribution in [0.5, 0.6) is 0 Å². The molecule has 0 saturated carbocycles. The van der Waals surface area contributed by atoms with Crippen LogP contribution < -0.4 is 0 Å². The molecule has 0 radical (unpaired) electrons. The minimum absolute atomic E-state index is 0.0462. The number of nitrogens with zero attached hydrogens (tertiary/aromatic N) is 1. The van der Waals surface area contributed by atoms with Crippen molar-refractivity contribution in [1.29, 1.82) is 0 Å². The molecule has 1 unspecified atom stereocenters. The zero-order valence-electron chi connectivity index (χ0n) is 9.74. The Labute approximate surface area is 122 Å². The van der Waals surface area contributed by atoms with Crippen LogP contribution in [0.25, 0.3) is 0 Å². The maximum atomic E-state index is 11.0. The van der Waals surface area contributed by atoms with E-state index in [1.165, 1.54) is 0 Å². The molecule has 96 valence electrons. The van der Waals surface area contributed by atoms with E-state index in [9.17, 15) is 4.79 Å². The maximum Gasteiger partial charge on any atom is 0.305 e. The third-order valence-corrected chi connectivity index (χ3v) is 5.97. The Morgan fingerprint density at radius 1 is 1.47 bits per heavy atom. The Bertz CT molecular complexity index is 371. The van der Waals surface area contributed by atoms with Gasteiger partial charge in [-0.05, 0) is 51.0 Å². The van der Waals surface area contributed by atoms with E-state index in [-0.39, 0.29) is 12.5 Å². The first-order valence-electron chi connectivity index (χ1n) is 5.40. The summed E-state index contributed by atoms with van der Waals surface area (Å²) in [5, 5.41) is 9.02. The van der Waals surface area contributed by atoms with E-state index in [1.807, 2.05) is 6.07 Å². The van der Waals surface area contributed by atoms with Crippen LogP contribution in [0.1, 0.15) is 31.2 Å². The zero-order valence-corrected chi connectivity index (χ0v) is 13.7. The van der Waals surface area contributed by atoms with Gasteiger partial charge in [0.2, 0.25) is 0 Å². The van der Waals surface area contributed by atoms with Crippen molar-refractivity contribution in [3.8, 4) is 0 Å². The summed E-state index contributed by atoms with van der Waals surface area (Å²) in [6.07, 6.45) is 0.140. The molecular formula is C11H15Br2NO2S. The molecule has 1 N–H and O–H groups in total. The van der Waals surface area contributed by atoms with Crippen molar-refractivity contribution in [3.05, 3.63) is 19.2 Å². The minimum Gasteiger partial charge on any atom is -0.481 e. The van der Waals surface area contributed by atoms with Gasteiger partial charge in [-0.15, -0.1) is 11.3 Å². The highest BCUT2D eigenvalue weighted by Gasteiger charge is 2.23. The lowest BCUT2D eigenvalue weighted by molar-refractivity contribution is -0.138. The second-order valence-corrected chi connectivity index (χ2v) is 6.86. The van der Waals surface area contributed by atoms with Gasteiger partial charge < -0.3 is 5.11 Å². The molecule has 0 aromatic carbocycles. The standard InChI is InChI=1S/C11H15Br2NO2S/c1-3-14(4-2)8(6-10(15)16)9-5-7(12)11(13)17-9/h5,8H,3-4,6H2,1-2H3,(H,15,16). The minimum atomic E-state index is -0.762. The molecule has 1 aromatic rings. The van der Waals surface area contributed by atoms with Gasteiger partial charge in [-0.3, -0.25) is 9.69 Å². The molecule has 1 rings (SSSR count). The van der Waals surface area contributed by atoms with Crippen LogP contribution >= 0.6 is 43.2 Å². The van der Waals surface area contributed by atoms with Crippen molar-refractivity contribution >= 4 is 49.2 Å². The summed E-state index contributed by atoms with van der Waals surface area (Å²) in [6, 6.07) is 1.95. The number of halogens is 2. The fourth-order valence-electron chi connectivity index (χ4n) is 1.77. The first kappa shape index (κ1) is 15.1. The molecule has 0 saturated heterocycles. The van der Waals surface area contributed by atoms with Crippen molar-refractivity contribution in [2.45, 2.75) is 26.3 Å². The largest absolute Gasteiger partial charge is 0.481 e. The number of aliphatic carboxylic acids is 1. The van der Waals surface area contributed by atoms with E-state index in [0.29, 0.717) is 0 Å². The van der Waals surface area contributed by atoms with Crippen LogP contribution in [-0.4, -0.2) is 29.1 Å². The second kappa shape index (κ2) is 6.87. The number of hydrogen-bond donors (Lipinski definition) is 1. The first-order valence-corrected chi connectivity index (χ1v) is 7.80. The topological polar surface area (TPSA) is 40.5 Å². The van der Waals surface area contributed by atoms with Crippen LogP contribution in [0, 0.1) is 0 Å². The van der Waals surface area contributed by atoms with Crippen molar-refractivity contribution in [3.63, 3.8) is 0 Å². The molecule has 0 aliphatic rings. The molecule has 17 heavy (non-hydrogen) atoms. The molecule has 0 spiro atoms. The Balaban J connectivity index is 3.00. The van der Waals surface area contributed by atoms with Crippen molar-refractivity contribution in [2.24, 2.45) is 0 Å². The van der Waals surface area contributed by atoms with Crippen LogP contribution in [0.15, 0.2) is 14.3 Å². The summed E-state index contributed by atoms with van der Waals surface area (Å²) in [5.74, 6) is -0.762. The number of thiophene rings is 1. The highest BCUT2D eigenvalue weighted by molar-refractivity contribution is 9.13. The molecular weight excluding hydrogens is 370 g/mol. The lowest BCUT2D eigenvalue weighted by Gasteiger charge is -2.27. The molecule has 1 aromatic heterocycles. The number of carbonyl (C=O) groups is 1. The number of carboxylic acids is 1. The van der Waals surface area contributed by atoms with Crippen LogP contribution in [-0.2, 0) is 4.79 Å². The van der Waals surface area contributed by atoms with Gasteiger partial charge in [0, 0.05) is 9.35 Å². The predicted molar refractivity (Wildman–Crippen MR) is 77.6 cm³/mol. The van der Waals surface area contributed by atoms with E-state index in [2.05, 4.69) is 50.6 Å². The third kappa shape index (κ3) is 4.05. The van der Waals surface area contributed by atoms with E-state index in [4.69, 9.17) is 5.11 Å². The molecule has 6 heteroatoms. The highest BCUT2D eigenvalue weighted by atomic mass is 79.9. The summed E-state index contributed by atoms with van der Waals surface area (Å²) in [7, 11) is 0. The van der Waals surface area contributed by atoms with Crippen molar-refractivity contribution < 1.29 is 9.90 Å². The summed E-state index contributed by atoms with van der Waals surface area (Å²) in [4.78, 5) is 14.2. The monoisotopic (exact) mass is 383 g/mol. The van der Waals surface area contributed by atoms with Gasteiger partial charge in [-0.2, -0.15) is 0 Å². The predicted octanol–water partition coefficient (Wildman–Crippen LogP) is 4.13. The summed E-state index contributed by atoms with van der Waals surface area (Å²) in [5.41, 5.74) is 0. The molecule has 1 atom stereocenters. The van der Waals surface area contributed by atoms with Gasteiger partial charge in [0.15, 0.2) is 0 Å². The Morgan fingerprint density at radius 2 is 2.06 bits per heavy atom. The molecule has 3 nitrogen and oxygen atoms in total. The summed E-state index contributed by atoms with van der Waals surface area (Å²) >= 11 is 8.48. The molecule has 0 aliphatic carbocycles. The number of rotatable bonds is 6. The highest BCUT2D eigenvalue weighted by Crippen LogP contribution is 2.38. The maximum absolute atomic E-state index is 11.0. The quantitative estimate of drug-likeness (QED) is 0.801. The normalized spacial score (nSPS) is 13.0. The van der Waals surface area contributed by atoms with Gasteiger partial charge in [0.25, 0.3) is 0 Å². The molecule has 0 bridgehead atoms. The van der Waals surface area contributed by atoms with Crippen LogP contribution in [0.2, 0.25) is 0 Å². The SMILES string of the molecule is CCN(CC)C(CC(=O)O)c1cc(Br)c(Br)s1. The van der Waals surface area contributed by atoms with E-state index in [0.717, 1.165) is 26.2 Å². The average Bonchev–Trinajstić information content (AvgIpc) is 2.59. The van der Waals surface area contributed by atoms with Crippen molar-refractivity contribution in [2.75, 3.05) is 13.1 Å². The van der Waals surface area contributed by atoms with Crippen molar-refractivity contribution in [1.82, 2.24) is 4.90 Å². The van der Waals surface area contributed by atoms with Gasteiger partial charge in [-0.25, -0.2) is 0 Å². The Morgan fingerprint density at radius 3 is 2.41 bits per heavy atom. The molecule has 0 aliphatic heterocycles. The van der Waals surface area contributed by atoms with E-state index >= 15 is 0 Å². The second-order valence-electron chi connectivity index (χ2n) is 3.61. The number of carboxylic acid groups (broad SMARTS) is 1. The number of hydrogen-bond acceptors (Lipinski definition) is 3. The van der Waals surface area contributed by atoms with Gasteiger partial charge in [0.1, 0.15) is 0 Å². The smallest absolute Gasteiger partial charge is 0.305 e. The summed E-state index contributed by atoms with van der Waals surface area (Å²) < 4.78 is 2.00. The molecule has 0 amide bonds. The van der Waals surface area contributed by atoms with Gasteiger partial charge in [0.05, 0.1) is 16.2 Å². The fraction of sp³-hybridized carbons (Fsp3) is 0.545. The summed E-state index contributed by atoms with van der Waals surface area (Å²) in [6.45, 7) is 5.80. The molecule has 1 heterocycles. The van der Waals surface area contributed by atoms with Crippen LogP contribution in [0.3, 0.4) is 0 Å². The van der Waals surface area contributed by atoms with Gasteiger partial charge in [-0.1, -0.05) is 13.8 Å². The fourth-order valence-corrected chi connectivity index (χ4v) is 3.99. The van der Waals surface area contributed by atoms with Gasteiger partial charge >= 0.3 is 5.97 Å². The van der Waals surface area contributed by atoms with E-state index in [1.54, 1.807) is 11.3 Å². The lowest BCUT2D eigenvalue weighted by atomic mass is 10.1. The molecule has 0 fully saturated rings. The Kier molecular flexibility index (Phi) is 6.12. The lowest BCUT2D eigenvalue weighted by Crippen LogP contribution is -2.29.